The lowest BCUT2D eigenvalue weighted by atomic mass is 10.1. The molecule has 0 aliphatic carbocycles. The first-order valence-corrected chi connectivity index (χ1v) is 7.38. The maximum atomic E-state index is 3.35. The second-order valence-corrected chi connectivity index (χ2v) is 5.03. The van der Waals surface area contributed by atoms with Crippen LogP contribution in [0.2, 0.25) is 0 Å². The molecule has 1 N–H and O–H groups in total. The lowest BCUT2D eigenvalue weighted by Gasteiger charge is -2.24. The third-order valence-electron chi connectivity index (χ3n) is 3.46. The van der Waals surface area contributed by atoms with Crippen LogP contribution < -0.4 is 10.2 Å². The fourth-order valence-electron chi connectivity index (χ4n) is 2.37. The van der Waals surface area contributed by atoms with Gasteiger partial charge in [-0.1, -0.05) is 31.2 Å². The molecule has 0 saturated heterocycles. The van der Waals surface area contributed by atoms with Gasteiger partial charge in [-0.3, -0.25) is 0 Å². The SMILES string of the molecule is CCNCc1ccc(N(CC)c2cccc(C)c2)cc1. The van der Waals surface area contributed by atoms with E-state index < -0.39 is 0 Å². The monoisotopic (exact) mass is 268 g/mol. The second kappa shape index (κ2) is 7.11. The molecule has 0 aliphatic rings. The number of anilines is 2. The lowest BCUT2D eigenvalue weighted by Crippen LogP contribution is -2.16. The molecule has 2 heteroatoms. The van der Waals surface area contributed by atoms with Crippen LogP contribution in [0, 0.1) is 6.92 Å². The molecular formula is C18H24N2. The summed E-state index contributed by atoms with van der Waals surface area (Å²) in [5, 5.41) is 3.35. The van der Waals surface area contributed by atoms with Gasteiger partial charge in [0.15, 0.2) is 0 Å². The summed E-state index contributed by atoms with van der Waals surface area (Å²) in [5.41, 5.74) is 5.13. The van der Waals surface area contributed by atoms with E-state index in [-0.39, 0.29) is 0 Å². The molecule has 2 nitrogen and oxygen atoms in total. The van der Waals surface area contributed by atoms with Crippen LogP contribution in [0.3, 0.4) is 0 Å². The zero-order valence-corrected chi connectivity index (χ0v) is 12.7. The third-order valence-corrected chi connectivity index (χ3v) is 3.46. The zero-order valence-electron chi connectivity index (χ0n) is 12.7. The summed E-state index contributed by atoms with van der Waals surface area (Å²) < 4.78 is 0. The van der Waals surface area contributed by atoms with Crippen molar-refractivity contribution in [3.8, 4) is 0 Å². The summed E-state index contributed by atoms with van der Waals surface area (Å²) in [5.74, 6) is 0. The zero-order chi connectivity index (χ0) is 14.4. The van der Waals surface area contributed by atoms with Crippen molar-refractivity contribution >= 4 is 11.4 Å². The van der Waals surface area contributed by atoms with Crippen molar-refractivity contribution < 1.29 is 0 Å². The van der Waals surface area contributed by atoms with E-state index in [1.165, 1.54) is 22.5 Å². The molecule has 0 bridgehead atoms. The smallest absolute Gasteiger partial charge is 0.0413 e. The molecule has 2 aromatic rings. The number of rotatable bonds is 6. The summed E-state index contributed by atoms with van der Waals surface area (Å²) in [6, 6.07) is 17.5. The summed E-state index contributed by atoms with van der Waals surface area (Å²) in [6.07, 6.45) is 0. The van der Waals surface area contributed by atoms with E-state index in [1.807, 2.05) is 0 Å². The van der Waals surface area contributed by atoms with Crippen LogP contribution in [-0.4, -0.2) is 13.1 Å². The van der Waals surface area contributed by atoms with Crippen LogP contribution in [0.15, 0.2) is 48.5 Å². The molecule has 0 atom stereocenters. The van der Waals surface area contributed by atoms with Gasteiger partial charge in [0.1, 0.15) is 0 Å². The predicted molar refractivity (Wildman–Crippen MR) is 87.7 cm³/mol. The number of hydrogen-bond acceptors (Lipinski definition) is 2. The minimum Gasteiger partial charge on any atom is -0.342 e. The van der Waals surface area contributed by atoms with E-state index in [4.69, 9.17) is 0 Å². The molecule has 2 rings (SSSR count). The predicted octanol–water partition coefficient (Wildman–Crippen LogP) is 4.26. The number of aryl methyl sites for hydroxylation is 1. The topological polar surface area (TPSA) is 15.3 Å². The highest BCUT2D eigenvalue weighted by molar-refractivity contribution is 5.63. The van der Waals surface area contributed by atoms with Crippen LogP contribution in [0.25, 0.3) is 0 Å². The van der Waals surface area contributed by atoms with Crippen molar-refractivity contribution in [2.75, 3.05) is 18.0 Å². The molecule has 0 radical (unpaired) electrons. The first-order chi connectivity index (χ1) is 9.74. The first kappa shape index (κ1) is 14.6. The van der Waals surface area contributed by atoms with E-state index in [1.54, 1.807) is 0 Å². The molecule has 0 aromatic heterocycles. The molecule has 0 fully saturated rings. The Morgan fingerprint density at radius 3 is 2.30 bits per heavy atom. The Balaban J connectivity index is 2.19. The largest absolute Gasteiger partial charge is 0.342 e. The number of benzene rings is 2. The number of hydrogen-bond donors (Lipinski definition) is 1. The molecule has 0 unspecified atom stereocenters. The average Bonchev–Trinajstić information content (AvgIpc) is 2.47. The van der Waals surface area contributed by atoms with Crippen molar-refractivity contribution in [3.05, 3.63) is 59.7 Å². The Hall–Kier alpha value is -1.80. The van der Waals surface area contributed by atoms with Gasteiger partial charge in [-0.15, -0.1) is 0 Å². The Bertz CT molecular complexity index is 531. The van der Waals surface area contributed by atoms with Gasteiger partial charge in [0.2, 0.25) is 0 Å². The van der Waals surface area contributed by atoms with Crippen molar-refractivity contribution in [1.29, 1.82) is 0 Å². The van der Waals surface area contributed by atoms with Crippen LogP contribution in [0.4, 0.5) is 11.4 Å². The van der Waals surface area contributed by atoms with Gasteiger partial charge in [-0.25, -0.2) is 0 Å². The summed E-state index contributed by atoms with van der Waals surface area (Å²) in [7, 11) is 0. The molecule has 2 aromatic carbocycles. The molecule has 20 heavy (non-hydrogen) atoms. The third kappa shape index (κ3) is 3.61. The molecule has 0 amide bonds. The van der Waals surface area contributed by atoms with Crippen LogP contribution >= 0.6 is 0 Å². The van der Waals surface area contributed by atoms with E-state index in [9.17, 15) is 0 Å². The van der Waals surface area contributed by atoms with Gasteiger partial charge in [0, 0.05) is 24.5 Å². The Morgan fingerprint density at radius 1 is 0.950 bits per heavy atom. The molecule has 0 aliphatic heterocycles. The summed E-state index contributed by atoms with van der Waals surface area (Å²) in [6.45, 7) is 9.37. The highest BCUT2D eigenvalue weighted by Crippen LogP contribution is 2.25. The van der Waals surface area contributed by atoms with Crippen molar-refractivity contribution in [2.45, 2.75) is 27.3 Å². The standard InChI is InChI=1S/C18H24N2/c1-4-19-14-16-9-11-17(12-10-16)20(5-2)18-8-6-7-15(3)13-18/h6-13,19H,4-5,14H2,1-3H3. The number of nitrogens with one attached hydrogen (secondary N) is 1. The Kier molecular flexibility index (Phi) is 5.19. The summed E-state index contributed by atoms with van der Waals surface area (Å²) in [4.78, 5) is 2.34. The van der Waals surface area contributed by atoms with Crippen molar-refractivity contribution in [1.82, 2.24) is 5.32 Å². The van der Waals surface area contributed by atoms with Crippen molar-refractivity contribution in [2.24, 2.45) is 0 Å². The van der Waals surface area contributed by atoms with Gasteiger partial charge in [-0.2, -0.15) is 0 Å². The number of nitrogens with zero attached hydrogens (tertiary/aromatic N) is 1. The van der Waals surface area contributed by atoms with Crippen LogP contribution in [0.5, 0.6) is 0 Å². The molecule has 106 valence electrons. The summed E-state index contributed by atoms with van der Waals surface area (Å²) >= 11 is 0. The van der Waals surface area contributed by atoms with Crippen molar-refractivity contribution in [3.63, 3.8) is 0 Å². The van der Waals surface area contributed by atoms with E-state index in [0.29, 0.717) is 0 Å². The Morgan fingerprint density at radius 2 is 1.70 bits per heavy atom. The maximum absolute atomic E-state index is 3.35. The molecule has 0 saturated carbocycles. The fourth-order valence-corrected chi connectivity index (χ4v) is 2.37. The van der Waals surface area contributed by atoms with Crippen LogP contribution in [-0.2, 0) is 6.54 Å². The van der Waals surface area contributed by atoms with Gasteiger partial charge in [0.05, 0.1) is 0 Å². The van der Waals surface area contributed by atoms with Gasteiger partial charge >= 0.3 is 0 Å². The van der Waals surface area contributed by atoms with Crippen LogP contribution in [0.1, 0.15) is 25.0 Å². The van der Waals surface area contributed by atoms with Gasteiger partial charge < -0.3 is 10.2 Å². The maximum Gasteiger partial charge on any atom is 0.0413 e. The first-order valence-electron chi connectivity index (χ1n) is 7.38. The van der Waals surface area contributed by atoms with Gasteiger partial charge in [0.25, 0.3) is 0 Å². The highest BCUT2D eigenvalue weighted by atomic mass is 15.1. The average molecular weight is 268 g/mol. The minimum absolute atomic E-state index is 0.938. The van der Waals surface area contributed by atoms with E-state index in [0.717, 1.165) is 19.6 Å². The minimum atomic E-state index is 0.938. The molecular weight excluding hydrogens is 244 g/mol. The fraction of sp³-hybridized carbons (Fsp3) is 0.333. The second-order valence-electron chi connectivity index (χ2n) is 5.03. The normalized spacial score (nSPS) is 10.6. The van der Waals surface area contributed by atoms with Gasteiger partial charge in [-0.05, 0) is 55.8 Å². The molecule has 0 heterocycles. The Labute approximate surface area is 122 Å². The van der Waals surface area contributed by atoms with E-state index in [2.05, 4.69) is 79.5 Å². The molecule has 0 spiro atoms. The highest BCUT2D eigenvalue weighted by Gasteiger charge is 2.07. The quantitative estimate of drug-likeness (QED) is 0.842. The van der Waals surface area contributed by atoms with E-state index >= 15 is 0 Å². The lowest BCUT2D eigenvalue weighted by molar-refractivity contribution is 0.727.